The number of carbonyl (C=O) groups excluding carboxylic acids is 4. The molecule has 1 aromatic carbocycles. The third kappa shape index (κ3) is 3.98. The van der Waals surface area contributed by atoms with Crippen LogP contribution in [0, 0.1) is 0 Å². The Balaban J connectivity index is 1.71. The molecule has 2 heterocycles. The second-order valence-corrected chi connectivity index (χ2v) is 6.89. The van der Waals surface area contributed by atoms with Gasteiger partial charge in [0, 0.05) is 6.20 Å². The predicted octanol–water partition coefficient (Wildman–Crippen LogP) is 2.80. The fraction of sp³-hybridized carbons (Fsp3) is 0.211. The Kier molecular flexibility index (Phi) is 4.83. The van der Waals surface area contributed by atoms with E-state index in [4.69, 9.17) is 9.57 Å². The van der Waals surface area contributed by atoms with Gasteiger partial charge in [0.15, 0.2) is 0 Å². The van der Waals surface area contributed by atoms with Gasteiger partial charge in [-0.05, 0) is 45.0 Å². The average molecular weight is 383 g/mol. The maximum absolute atomic E-state index is 12.4. The lowest BCUT2D eigenvalue weighted by atomic mass is 10.1. The zero-order valence-corrected chi connectivity index (χ0v) is 15.4. The molecule has 144 valence electrons. The van der Waals surface area contributed by atoms with Crippen LogP contribution in [0.3, 0.4) is 0 Å². The number of amides is 3. The number of hydrogen-bond acceptors (Lipinski definition) is 7. The molecule has 0 unspecified atom stereocenters. The molecule has 3 amide bonds. The Morgan fingerprint density at radius 2 is 1.64 bits per heavy atom. The first-order valence-electron chi connectivity index (χ1n) is 8.32. The van der Waals surface area contributed by atoms with E-state index in [1.165, 1.54) is 30.5 Å². The number of rotatable bonds is 3. The van der Waals surface area contributed by atoms with Gasteiger partial charge in [-0.25, -0.2) is 14.6 Å². The number of pyridine rings is 1. The molecule has 9 nitrogen and oxygen atoms in total. The van der Waals surface area contributed by atoms with E-state index in [-0.39, 0.29) is 22.5 Å². The van der Waals surface area contributed by atoms with Crippen LogP contribution >= 0.6 is 0 Å². The number of aromatic nitrogens is 1. The van der Waals surface area contributed by atoms with Crippen LogP contribution in [0.2, 0.25) is 0 Å². The van der Waals surface area contributed by atoms with E-state index < -0.39 is 29.5 Å². The van der Waals surface area contributed by atoms with Crippen LogP contribution in [0.15, 0.2) is 42.6 Å². The van der Waals surface area contributed by atoms with Crippen LogP contribution in [0.4, 0.5) is 10.6 Å². The van der Waals surface area contributed by atoms with Crippen LogP contribution in [-0.4, -0.2) is 39.5 Å². The van der Waals surface area contributed by atoms with E-state index in [1.54, 1.807) is 32.9 Å². The molecular weight excluding hydrogens is 366 g/mol. The van der Waals surface area contributed by atoms with Gasteiger partial charge in [0.2, 0.25) is 0 Å². The van der Waals surface area contributed by atoms with Gasteiger partial charge in [-0.3, -0.25) is 14.9 Å². The molecule has 9 heteroatoms. The number of nitrogens with zero attached hydrogens (tertiary/aromatic N) is 2. The van der Waals surface area contributed by atoms with E-state index in [0.717, 1.165) is 0 Å². The van der Waals surface area contributed by atoms with Gasteiger partial charge in [-0.2, -0.15) is 0 Å². The molecule has 1 aliphatic heterocycles. The highest BCUT2D eigenvalue weighted by atomic mass is 16.7. The highest BCUT2D eigenvalue weighted by Crippen LogP contribution is 2.23. The van der Waals surface area contributed by atoms with Crippen molar-refractivity contribution in [3.8, 4) is 0 Å². The van der Waals surface area contributed by atoms with E-state index in [1.807, 2.05) is 0 Å². The first kappa shape index (κ1) is 19.0. The fourth-order valence-electron chi connectivity index (χ4n) is 2.42. The number of hydrogen-bond donors (Lipinski definition) is 1. The SMILES string of the molecule is CC(C)(C)OC(=O)Nc1cc(C(=O)ON2C(=O)c3ccccc3C2=O)ccn1. The average Bonchev–Trinajstić information content (AvgIpc) is 2.85. The summed E-state index contributed by atoms with van der Waals surface area (Å²) < 4.78 is 5.11. The first-order chi connectivity index (χ1) is 13.2. The summed E-state index contributed by atoms with van der Waals surface area (Å²) in [4.78, 5) is 57.6. The Morgan fingerprint density at radius 1 is 1.04 bits per heavy atom. The Bertz CT molecular complexity index is 945. The zero-order valence-electron chi connectivity index (χ0n) is 15.4. The van der Waals surface area contributed by atoms with Crippen LogP contribution < -0.4 is 5.32 Å². The molecule has 0 saturated carbocycles. The van der Waals surface area contributed by atoms with Crippen LogP contribution in [0.25, 0.3) is 0 Å². The molecule has 0 fully saturated rings. The van der Waals surface area contributed by atoms with Crippen molar-refractivity contribution in [2.24, 2.45) is 0 Å². The minimum Gasteiger partial charge on any atom is -0.444 e. The molecule has 0 spiro atoms. The molecule has 0 saturated heterocycles. The molecule has 0 bridgehead atoms. The van der Waals surface area contributed by atoms with E-state index in [0.29, 0.717) is 5.06 Å². The fourth-order valence-corrected chi connectivity index (χ4v) is 2.42. The highest BCUT2D eigenvalue weighted by molar-refractivity contribution is 6.21. The lowest BCUT2D eigenvalue weighted by molar-refractivity contribution is -0.0584. The quantitative estimate of drug-likeness (QED) is 0.810. The van der Waals surface area contributed by atoms with Crippen molar-refractivity contribution in [1.29, 1.82) is 0 Å². The summed E-state index contributed by atoms with van der Waals surface area (Å²) in [5, 5.41) is 2.80. The molecule has 1 N–H and O–H groups in total. The molecule has 0 radical (unpaired) electrons. The minimum absolute atomic E-state index is 0.0161. The largest absolute Gasteiger partial charge is 0.444 e. The van der Waals surface area contributed by atoms with E-state index in [9.17, 15) is 19.2 Å². The Hall–Kier alpha value is -3.75. The minimum atomic E-state index is -0.954. The first-order valence-corrected chi connectivity index (χ1v) is 8.32. The summed E-state index contributed by atoms with van der Waals surface area (Å²) >= 11 is 0. The maximum atomic E-state index is 12.4. The molecule has 0 atom stereocenters. The van der Waals surface area contributed by atoms with Crippen molar-refractivity contribution in [3.05, 3.63) is 59.3 Å². The molecular formula is C19H17N3O6. The third-order valence-electron chi connectivity index (χ3n) is 3.56. The van der Waals surface area contributed by atoms with E-state index >= 15 is 0 Å². The topological polar surface area (TPSA) is 115 Å². The van der Waals surface area contributed by atoms with E-state index in [2.05, 4.69) is 10.3 Å². The van der Waals surface area contributed by atoms with Gasteiger partial charge < -0.3 is 9.57 Å². The van der Waals surface area contributed by atoms with Crippen molar-refractivity contribution >= 4 is 29.7 Å². The number of hydroxylamine groups is 2. The van der Waals surface area contributed by atoms with Gasteiger partial charge in [0.1, 0.15) is 11.4 Å². The van der Waals surface area contributed by atoms with Crippen LogP contribution in [0.1, 0.15) is 51.8 Å². The standard InChI is InChI=1S/C19H17N3O6/c1-19(2,3)27-18(26)21-14-10-11(8-9-20-14)17(25)28-22-15(23)12-6-4-5-7-13(12)16(22)24/h4-10H,1-3H3,(H,20,21,26). The van der Waals surface area contributed by atoms with Crippen molar-refractivity contribution in [3.63, 3.8) is 0 Å². The third-order valence-corrected chi connectivity index (χ3v) is 3.56. The summed E-state index contributed by atoms with van der Waals surface area (Å²) in [6, 6.07) is 8.71. The van der Waals surface area contributed by atoms with Gasteiger partial charge in [0.25, 0.3) is 11.8 Å². The molecule has 28 heavy (non-hydrogen) atoms. The van der Waals surface area contributed by atoms with Crippen molar-refractivity contribution in [2.45, 2.75) is 26.4 Å². The normalized spacial score (nSPS) is 13.2. The number of carbonyl (C=O) groups is 4. The number of ether oxygens (including phenoxy) is 1. The number of nitrogens with one attached hydrogen (secondary N) is 1. The van der Waals surface area contributed by atoms with Gasteiger partial charge in [-0.15, -0.1) is 0 Å². The van der Waals surface area contributed by atoms with Crippen molar-refractivity contribution in [1.82, 2.24) is 10.0 Å². The number of anilines is 1. The smallest absolute Gasteiger partial charge is 0.413 e. The lowest BCUT2D eigenvalue weighted by Crippen LogP contribution is -2.32. The zero-order chi connectivity index (χ0) is 20.5. The lowest BCUT2D eigenvalue weighted by Gasteiger charge is -2.19. The Labute approximate surface area is 160 Å². The summed E-state index contributed by atoms with van der Waals surface area (Å²) in [5.41, 5.74) is -0.409. The molecule has 1 aromatic heterocycles. The summed E-state index contributed by atoms with van der Waals surface area (Å²) in [5.74, 6) is -2.36. The van der Waals surface area contributed by atoms with Crippen molar-refractivity contribution in [2.75, 3.05) is 5.32 Å². The van der Waals surface area contributed by atoms with Gasteiger partial charge >= 0.3 is 12.1 Å². The summed E-state index contributed by atoms with van der Waals surface area (Å²) in [6.07, 6.45) is 0.525. The number of fused-ring (bicyclic) bond motifs is 1. The van der Waals surface area contributed by atoms with Gasteiger partial charge in [-0.1, -0.05) is 17.2 Å². The number of benzene rings is 1. The molecule has 2 aromatic rings. The predicted molar refractivity (Wildman–Crippen MR) is 96.5 cm³/mol. The van der Waals surface area contributed by atoms with Crippen LogP contribution in [-0.2, 0) is 9.57 Å². The summed E-state index contributed by atoms with van der Waals surface area (Å²) in [7, 11) is 0. The van der Waals surface area contributed by atoms with Crippen molar-refractivity contribution < 1.29 is 28.8 Å². The maximum Gasteiger partial charge on any atom is 0.413 e. The summed E-state index contributed by atoms with van der Waals surface area (Å²) in [6.45, 7) is 5.11. The van der Waals surface area contributed by atoms with Gasteiger partial charge in [0.05, 0.1) is 16.7 Å². The Morgan fingerprint density at radius 3 is 2.21 bits per heavy atom. The second kappa shape index (κ2) is 7.10. The molecule has 0 aliphatic carbocycles. The highest BCUT2D eigenvalue weighted by Gasteiger charge is 2.38. The van der Waals surface area contributed by atoms with Crippen LogP contribution in [0.5, 0.6) is 0 Å². The number of imide groups is 1. The molecule has 1 aliphatic rings. The molecule has 3 rings (SSSR count). The monoisotopic (exact) mass is 383 g/mol. The second-order valence-electron chi connectivity index (χ2n) is 6.89.